The summed E-state index contributed by atoms with van der Waals surface area (Å²) in [5, 5.41) is 15.1. The average molecular weight is 200 g/mol. The number of hydrogen-bond donors (Lipinski definition) is 3. The quantitative estimate of drug-likeness (QED) is 0.543. The van der Waals surface area contributed by atoms with Gasteiger partial charge in [-0.25, -0.2) is 0 Å². The molecule has 82 valence electrons. The molecule has 3 N–H and O–H groups in total. The van der Waals surface area contributed by atoms with Gasteiger partial charge in [0, 0.05) is 12.6 Å². The van der Waals surface area contributed by atoms with Crippen molar-refractivity contribution in [1.29, 1.82) is 0 Å². The van der Waals surface area contributed by atoms with E-state index < -0.39 is 0 Å². The van der Waals surface area contributed by atoms with E-state index in [0.717, 1.165) is 6.42 Å². The van der Waals surface area contributed by atoms with Gasteiger partial charge in [-0.15, -0.1) is 0 Å². The average Bonchev–Trinajstić information content (AvgIpc) is 2.98. The van der Waals surface area contributed by atoms with Gasteiger partial charge in [0.05, 0.1) is 12.6 Å². The molecule has 1 amide bonds. The molecule has 0 heterocycles. The SMILES string of the molecule is CCC(O)CCNC(=O)CNC1CC1. The number of amides is 1. The van der Waals surface area contributed by atoms with E-state index in [2.05, 4.69) is 10.6 Å². The fraction of sp³-hybridized carbons (Fsp3) is 0.900. The fourth-order valence-electron chi connectivity index (χ4n) is 1.17. The van der Waals surface area contributed by atoms with E-state index in [4.69, 9.17) is 0 Å². The van der Waals surface area contributed by atoms with Crippen LogP contribution < -0.4 is 10.6 Å². The number of carbonyl (C=O) groups is 1. The van der Waals surface area contributed by atoms with E-state index in [9.17, 15) is 9.90 Å². The summed E-state index contributed by atoms with van der Waals surface area (Å²) >= 11 is 0. The third-order valence-corrected chi connectivity index (χ3v) is 2.40. The number of aliphatic hydroxyl groups excluding tert-OH is 1. The molecule has 4 nitrogen and oxygen atoms in total. The van der Waals surface area contributed by atoms with E-state index in [0.29, 0.717) is 25.6 Å². The van der Waals surface area contributed by atoms with Crippen LogP contribution in [0.4, 0.5) is 0 Å². The van der Waals surface area contributed by atoms with Gasteiger partial charge in [-0.05, 0) is 25.7 Å². The smallest absolute Gasteiger partial charge is 0.233 e. The minimum Gasteiger partial charge on any atom is -0.393 e. The molecule has 1 fully saturated rings. The van der Waals surface area contributed by atoms with Gasteiger partial charge in [0.2, 0.25) is 5.91 Å². The summed E-state index contributed by atoms with van der Waals surface area (Å²) in [4.78, 5) is 11.2. The number of aliphatic hydroxyl groups is 1. The minimum absolute atomic E-state index is 0.0280. The minimum atomic E-state index is -0.285. The fourth-order valence-corrected chi connectivity index (χ4v) is 1.17. The highest BCUT2D eigenvalue weighted by molar-refractivity contribution is 5.78. The lowest BCUT2D eigenvalue weighted by Crippen LogP contribution is -2.36. The Kier molecular flexibility index (Phi) is 4.90. The van der Waals surface area contributed by atoms with E-state index in [1.54, 1.807) is 0 Å². The normalized spacial score (nSPS) is 17.9. The zero-order valence-electron chi connectivity index (χ0n) is 8.75. The second-order valence-electron chi connectivity index (χ2n) is 3.86. The second kappa shape index (κ2) is 5.98. The Balaban J connectivity index is 1.91. The number of hydrogen-bond acceptors (Lipinski definition) is 3. The van der Waals surface area contributed by atoms with Crippen LogP contribution in [0.1, 0.15) is 32.6 Å². The van der Waals surface area contributed by atoms with Gasteiger partial charge in [-0.2, -0.15) is 0 Å². The summed E-state index contributed by atoms with van der Waals surface area (Å²) in [6.45, 7) is 2.91. The maximum Gasteiger partial charge on any atom is 0.233 e. The molecule has 14 heavy (non-hydrogen) atoms. The van der Waals surface area contributed by atoms with Gasteiger partial charge in [0.15, 0.2) is 0 Å². The second-order valence-corrected chi connectivity index (χ2v) is 3.86. The molecule has 1 atom stereocenters. The van der Waals surface area contributed by atoms with Crippen molar-refractivity contribution < 1.29 is 9.90 Å². The summed E-state index contributed by atoms with van der Waals surface area (Å²) in [7, 11) is 0. The van der Waals surface area contributed by atoms with Gasteiger partial charge in [0.25, 0.3) is 0 Å². The zero-order chi connectivity index (χ0) is 10.4. The topological polar surface area (TPSA) is 61.4 Å². The Morgan fingerprint density at radius 1 is 1.57 bits per heavy atom. The molecule has 1 aliphatic carbocycles. The molecule has 0 aromatic heterocycles. The van der Waals surface area contributed by atoms with Crippen LogP contribution in [0.5, 0.6) is 0 Å². The van der Waals surface area contributed by atoms with E-state index in [1.807, 2.05) is 6.92 Å². The molecular weight excluding hydrogens is 180 g/mol. The number of nitrogens with one attached hydrogen (secondary N) is 2. The highest BCUT2D eigenvalue weighted by Gasteiger charge is 2.20. The molecule has 1 rings (SSSR count). The lowest BCUT2D eigenvalue weighted by Gasteiger charge is -2.08. The highest BCUT2D eigenvalue weighted by atomic mass is 16.3. The Labute approximate surface area is 85.1 Å². The first-order chi connectivity index (χ1) is 6.72. The molecule has 1 aliphatic rings. The van der Waals surface area contributed by atoms with Crippen molar-refractivity contribution >= 4 is 5.91 Å². The van der Waals surface area contributed by atoms with Gasteiger partial charge < -0.3 is 15.7 Å². The molecule has 4 heteroatoms. The predicted octanol–water partition coefficient (Wildman–Crippen LogP) is 0.0156. The van der Waals surface area contributed by atoms with E-state index >= 15 is 0 Å². The monoisotopic (exact) mass is 200 g/mol. The lowest BCUT2D eigenvalue weighted by atomic mass is 10.2. The molecule has 0 radical (unpaired) electrons. The Bertz CT molecular complexity index is 181. The van der Waals surface area contributed by atoms with Crippen LogP contribution in [0, 0.1) is 0 Å². The Morgan fingerprint density at radius 2 is 2.29 bits per heavy atom. The number of rotatable bonds is 7. The van der Waals surface area contributed by atoms with Crippen LogP contribution in [0.3, 0.4) is 0 Å². The van der Waals surface area contributed by atoms with E-state index in [1.165, 1.54) is 12.8 Å². The molecule has 0 aromatic carbocycles. The largest absolute Gasteiger partial charge is 0.393 e. The first kappa shape index (κ1) is 11.5. The Hall–Kier alpha value is -0.610. The predicted molar refractivity (Wildman–Crippen MR) is 54.9 cm³/mol. The van der Waals surface area contributed by atoms with Crippen LogP contribution in [0.25, 0.3) is 0 Å². The van der Waals surface area contributed by atoms with Crippen molar-refractivity contribution in [1.82, 2.24) is 10.6 Å². The van der Waals surface area contributed by atoms with E-state index in [-0.39, 0.29) is 12.0 Å². The van der Waals surface area contributed by atoms with Crippen molar-refractivity contribution in [3.05, 3.63) is 0 Å². The first-order valence-electron chi connectivity index (χ1n) is 5.40. The van der Waals surface area contributed by atoms with Crippen LogP contribution >= 0.6 is 0 Å². The maximum atomic E-state index is 11.2. The summed E-state index contributed by atoms with van der Waals surface area (Å²) in [6, 6.07) is 0.571. The molecule has 0 bridgehead atoms. The number of carbonyl (C=O) groups excluding carboxylic acids is 1. The maximum absolute atomic E-state index is 11.2. The van der Waals surface area contributed by atoms with Crippen molar-refractivity contribution in [3.63, 3.8) is 0 Å². The van der Waals surface area contributed by atoms with Gasteiger partial charge in [0.1, 0.15) is 0 Å². The third-order valence-electron chi connectivity index (χ3n) is 2.40. The van der Waals surface area contributed by atoms with Crippen molar-refractivity contribution in [2.24, 2.45) is 0 Å². The third kappa shape index (κ3) is 5.19. The van der Waals surface area contributed by atoms with Gasteiger partial charge >= 0.3 is 0 Å². The molecule has 0 aliphatic heterocycles. The first-order valence-corrected chi connectivity index (χ1v) is 5.40. The van der Waals surface area contributed by atoms with Gasteiger partial charge in [-0.1, -0.05) is 6.92 Å². The standard InChI is InChI=1S/C10H20N2O2/c1-2-9(13)5-6-11-10(14)7-12-8-3-4-8/h8-9,12-13H,2-7H2,1H3,(H,11,14). The van der Waals surface area contributed by atoms with Crippen LogP contribution in [0.15, 0.2) is 0 Å². The summed E-state index contributed by atoms with van der Waals surface area (Å²) in [5.41, 5.74) is 0. The zero-order valence-corrected chi connectivity index (χ0v) is 8.75. The van der Waals surface area contributed by atoms with Crippen LogP contribution in [-0.4, -0.2) is 36.2 Å². The van der Waals surface area contributed by atoms with Crippen molar-refractivity contribution in [3.8, 4) is 0 Å². The summed E-state index contributed by atoms with van der Waals surface area (Å²) in [6.07, 6.45) is 3.50. The van der Waals surface area contributed by atoms with Gasteiger partial charge in [-0.3, -0.25) is 4.79 Å². The lowest BCUT2D eigenvalue weighted by molar-refractivity contribution is -0.120. The molecule has 1 saturated carbocycles. The van der Waals surface area contributed by atoms with Crippen molar-refractivity contribution in [2.75, 3.05) is 13.1 Å². The molecule has 0 saturated heterocycles. The van der Waals surface area contributed by atoms with Crippen LogP contribution in [0.2, 0.25) is 0 Å². The summed E-state index contributed by atoms with van der Waals surface area (Å²) < 4.78 is 0. The molecular formula is C10H20N2O2. The molecule has 0 aromatic rings. The summed E-state index contributed by atoms with van der Waals surface area (Å²) in [5.74, 6) is 0.0280. The van der Waals surface area contributed by atoms with Crippen molar-refractivity contribution in [2.45, 2.75) is 44.8 Å². The highest BCUT2D eigenvalue weighted by Crippen LogP contribution is 2.17. The molecule has 1 unspecified atom stereocenters. The van der Waals surface area contributed by atoms with Crippen LogP contribution in [-0.2, 0) is 4.79 Å². The molecule has 0 spiro atoms. The Morgan fingerprint density at radius 3 is 2.86 bits per heavy atom.